The molecule has 2 nitrogen and oxygen atoms in total. The van der Waals surface area contributed by atoms with Crippen molar-refractivity contribution >= 4 is 0 Å². The molecule has 1 saturated heterocycles. The van der Waals surface area contributed by atoms with E-state index in [0.717, 1.165) is 37.5 Å². The van der Waals surface area contributed by atoms with Gasteiger partial charge in [0.1, 0.15) is 0 Å². The van der Waals surface area contributed by atoms with E-state index in [1.807, 2.05) is 0 Å². The topological polar surface area (TPSA) is 21.3 Å². The quantitative estimate of drug-likeness (QED) is 0.847. The Morgan fingerprint density at radius 2 is 2.16 bits per heavy atom. The number of hydrogen-bond acceptors (Lipinski definition) is 2. The Bertz CT molecular complexity index is 386. The number of hydrogen-bond donors (Lipinski definition) is 1. The first-order chi connectivity index (χ1) is 9.38. The van der Waals surface area contributed by atoms with Crippen molar-refractivity contribution in [2.75, 3.05) is 19.8 Å². The van der Waals surface area contributed by atoms with Crippen molar-refractivity contribution in [3.63, 3.8) is 0 Å². The summed E-state index contributed by atoms with van der Waals surface area (Å²) < 4.78 is 5.52. The van der Waals surface area contributed by atoms with Gasteiger partial charge in [-0.3, -0.25) is 0 Å². The Morgan fingerprint density at radius 1 is 1.32 bits per heavy atom. The average molecular weight is 259 g/mol. The standard InChI is InChI=1S/C17H25NO/c1-2-18-17(10-13-8-9-19-12-13)16-11-15(16)14-6-4-3-5-7-14/h3-7,13,15-18H,2,8-12H2,1H3. The Balaban J connectivity index is 1.59. The van der Waals surface area contributed by atoms with E-state index >= 15 is 0 Å². The highest BCUT2D eigenvalue weighted by molar-refractivity contribution is 5.26. The van der Waals surface area contributed by atoms with Gasteiger partial charge in [-0.15, -0.1) is 0 Å². The van der Waals surface area contributed by atoms with Crippen molar-refractivity contribution in [1.82, 2.24) is 5.32 Å². The molecule has 1 N–H and O–H groups in total. The summed E-state index contributed by atoms with van der Waals surface area (Å²) >= 11 is 0. The van der Waals surface area contributed by atoms with Gasteiger partial charge in [-0.25, -0.2) is 0 Å². The molecule has 4 atom stereocenters. The summed E-state index contributed by atoms with van der Waals surface area (Å²) in [5.41, 5.74) is 1.53. The first kappa shape index (κ1) is 13.1. The predicted molar refractivity (Wildman–Crippen MR) is 78.3 cm³/mol. The summed E-state index contributed by atoms with van der Waals surface area (Å²) in [7, 11) is 0. The minimum absolute atomic E-state index is 0.682. The molecule has 1 aromatic carbocycles. The van der Waals surface area contributed by atoms with Gasteiger partial charge in [-0.1, -0.05) is 37.3 Å². The molecule has 1 saturated carbocycles. The van der Waals surface area contributed by atoms with Crippen LogP contribution in [0.15, 0.2) is 30.3 Å². The SMILES string of the molecule is CCNC(CC1CCOC1)C1CC1c1ccccc1. The molecule has 104 valence electrons. The number of rotatable bonds is 6. The largest absolute Gasteiger partial charge is 0.381 e. The van der Waals surface area contributed by atoms with Gasteiger partial charge in [0, 0.05) is 19.3 Å². The van der Waals surface area contributed by atoms with E-state index < -0.39 is 0 Å². The molecule has 2 fully saturated rings. The van der Waals surface area contributed by atoms with Gasteiger partial charge in [0.15, 0.2) is 0 Å². The third kappa shape index (κ3) is 3.18. The van der Waals surface area contributed by atoms with Crippen LogP contribution in [0.3, 0.4) is 0 Å². The van der Waals surface area contributed by atoms with E-state index in [0.29, 0.717) is 6.04 Å². The lowest BCUT2D eigenvalue weighted by Gasteiger charge is -2.21. The average Bonchev–Trinajstić information content (AvgIpc) is 3.09. The van der Waals surface area contributed by atoms with Crippen LogP contribution in [0.4, 0.5) is 0 Å². The fourth-order valence-electron chi connectivity index (χ4n) is 3.54. The van der Waals surface area contributed by atoms with E-state index in [4.69, 9.17) is 4.74 Å². The molecule has 1 heterocycles. The smallest absolute Gasteiger partial charge is 0.0495 e. The van der Waals surface area contributed by atoms with Crippen LogP contribution in [0, 0.1) is 11.8 Å². The van der Waals surface area contributed by atoms with Crippen molar-refractivity contribution < 1.29 is 4.74 Å². The van der Waals surface area contributed by atoms with E-state index in [9.17, 15) is 0 Å². The summed E-state index contributed by atoms with van der Waals surface area (Å²) in [6.45, 7) is 5.25. The number of nitrogens with one attached hydrogen (secondary N) is 1. The second-order valence-corrected chi connectivity index (χ2v) is 6.05. The van der Waals surface area contributed by atoms with Crippen molar-refractivity contribution in [3.05, 3.63) is 35.9 Å². The zero-order valence-electron chi connectivity index (χ0n) is 11.8. The summed E-state index contributed by atoms with van der Waals surface area (Å²) in [4.78, 5) is 0. The van der Waals surface area contributed by atoms with Gasteiger partial charge < -0.3 is 10.1 Å². The van der Waals surface area contributed by atoms with E-state index in [1.54, 1.807) is 0 Å². The summed E-state index contributed by atoms with van der Waals surface area (Å²) in [6.07, 6.45) is 3.90. The second kappa shape index (κ2) is 6.06. The lowest BCUT2D eigenvalue weighted by atomic mass is 9.94. The van der Waals surface area contributed by atoms with Crippen LogP contribution in [-0.2, 0) is 4.74 Å². The maximum Gasteiger partial charge on any atom is 0.0495 e. The molecule has 0 bridgehead atoms. The zero-order chi connectivity index (χ0) is 13.1. The Morgan fingerprint density at radius 3 is 2.84 bits per heavy atom. The molecule has 4 unspecified atom stereocenters. The monoisotopic (exact) mass is 259 g/mol. The van der Waals surface area contributed by atoms with Gasteiger partial charge in [0.25, 0.3) is 0 Å². The van der Waals surface area contributed by atoms with Crippen molar-refractivity contribution in [2.45, 2.75) is 38.1 Å². The summed E-state index contributed by atoms with van der Waals surface area (Å²) in [5.74, 6) is 2.40. The third-order valence-corrected chi connectivity index (χ3v) is 4.66. The molecule has 3 rings (SSSR count). The molecule has 2 aliphatic rings. The highest BCUT2D eigenvalue weighted by Gasteiger charge is 2.44. The van der Waals surface area contributed by atoms with Gasteiger partial charge in [0.2, 0.25) is 0 Å². The van der Waals surface area contributed by atoms with E-state index in [-0.39, 0.29) is 0 Å². The third-order valence-electron chi connectivity index (χ3n) is 4.66. The van der Waals surface area contributed by atoms with Gasteiger partial charge in [0.05, 0.1) is 0 Å². The fourth-order valence-corrected chi connectivity index (χ4v) is 3.54. The molecule has 0 aromatic heterocycles. The van der Waals surface area contributed by atoms with Gasteiger partial charge in [-0.05, 0) is 49.1 Å². The van der Waals surface area contributed by atoms with Crippen molar-refractivity contribution in [1.29, 1.82) is 0 Å². The molecule has 0 radical (unpaired) electrons. The van der Waals surface area contributed by atoms with Crippen LogP contribution in [0.1, 0.15) is 37.7 Å². The van der Waals surface area contributed by atoms with E-state index in [1.165, 1.54) is 24.8 Å². The Hall–Kier alpha value is -0.860. The fraction of sp³-hybridized carbons (Fsp3) is 0.647. The molecular weight excluding hydrogens is 234 g/mol. The normalized spacial score (nSPS) is 31.3. The van der Waals surface area contributed by atoms with Crippen molar-refractivity contribution in [3.8, 4) is 0 Å². The maximum absolute atomic E-state index is 5.52. The zero-order valence-corrected chi connectivity index (χ0v) is 11.8. The lowest BCUT2D eigenvalue weighted by molar-refractivity contribution is 0.180. The van der Waals surface area contributed by atoms with Gasteiger partial charge in [-0.2, -0.15) is 0 Å². The van der Waals surface area contributed by atoms with E-state index in [2.05, 4.69) is 42.6 Å². The van der Waals surface area contributed by atoms with Crippen LogP contribution in [0.5, 0.6) is 0 Å². The highest BCUT2D eigenvalue weighted by Crippen LogP contribution is 2.50. The van der Waals surface area contributed by atoms with Crippen molar-refractivity contribution in [2.24, 2.45) is 11.8 Å². The second-order valence-electron chi connectivity index (χ2n) is 6.05. The Labute approximate surface area is 116 Å². The lowest BCUT2D eigenvalue weighted by Crippen LogP contribution is -2.33. The molecule has 19 heavy (non-hydrogen) atoms. The first-order valence-corrected chi connectivity index (χ1v) is 7.74. The summed E-state index contributed by atoms with van der Waals surface area (Å²) in [6, 6.07) is 11.7. The molecule has 1 aliphatic carbocycles. The van der Waals surface area contributed by atoms with Crippen LogP contribution < -0.4 is 5.32 Å². The molecule has 1 aliphatic heterocycles. The van der Waals surface area contributed by atoms with Crippen LogP contribution in [0.2, 0.25) is 0 Å². The van der Waals surface area contributed by atoms with Crippen LogP contribution in [-0.4, -0.2) is 25.8 Å². The van der Waals surface area contributed by atoms with Gasteiger partial charge >= 0.3 is 0 Å². The predicted octanol–water partition coefficient (Wildman–Crippen LogP) is 3.19. The minimum Gasteiger partial charge on any atom is -0.381 e. The van der Waals surface area contributed by atoms with Crippen LogP contribution in [0.25, 0.3) is 0 Å². The molecule has 0 spiro atoms. The first-order valence-electron chi connectivity index (χ1n) is 7.74. The number of ether oxygens (including phenoxy) is 1. The maximum atomic E-state index is 5.52. The molecular formula is C17H25NO. The number of benzene rings is 1. The molecule has 0 amide bonds. The Kier molecular flexibility index (Phi) is 4.19. The molecule has 2 heteroatoms. The molecule has 1 aromatic rings. The minimum atomic E-state index is 0.682. The highest BCUT2D eigenvalue weighted by atomic mass is 16.5. The summed E-state index contributed by atoms with van der Waals surface area (Å²) in [5, 5.41) is 3.72. The van der Waals surface area contributed by atoms with Crippen LogP contribution >= 0.6 is 0 Å².